The van der Waals surface area contributed by atoms with E-state index in [1.807, 2.05) is 0 Å². The molecule has 1 aliphatic carbocycles. The lowest BCUT2D eigenvalue weighted by Gasteiger charge is -2.11. The molecule has 3 rings (SSSR count). The Balaban J connectivity index is 1.81. The number of alkyl halides is 3. The number of halogens is 3. The largest absolute Gasteiger partial charge is 0.416 e. The van der Waals surface area contributed by atoms with Gasteiger partial charge in [0.1, 0.15) is 5.76 Å². The lowest BCUT2D eigenvalue weighted by Crippen LogP contribution is -2.14. The molecule has 1 aromatic heterocycles. The third kappa shape index (κ3) is 3.53. The van der Waals surface area contributed by atoms with Crippen LogP contribution < -0.4 is 11.1 Å². The van der Waals surface area contributed by atoms with Crippen LogP contribution in [0.1, 0.15) is 46.1 Å². The first kappa shape index (κ1) is 15.5. The normalized spacial score (nSPS) is 14.8. The van der Waals surface area contributed by atoms with Crippen LogP contribution in [0.3, 0.4) is 0 Å². The van der Waals surface area contributed by atoms with E-state index in [0.29, 0.717) is 11.7 Å². The van der Waals surface area contributed by atoms with E-state index in [-0.39, 0.29) is 23.5 Å². The second-order valence-electron chi connectivity index (χ2n) is 5.46. The Morgan fingerprint density at radius 2 is 2.04 bits per heavy atom. The maximum Gasteiger partial charge on any atom is 0.416 e. The second-order valence-corrected chi connectivity index (χ2v) is 5.46. The lowest BCUT2D eigenvalue weighted by molar-refractivity contribution is -0.137. The van der Waals surface area contributed by atoms with Gasteiger partial charge in [0, 0.05) is 24.2 Å². The lowest BCUT2D eigenvalue weighted by atomic mass is 10.1. The number of benzene rings is 1. The summed E-state index contributed by atoms with van der Waals surface area (Å²) >= 11 is 0. The van der Waals surface area contributed by atoms with Gasteiger partial charge in [0.15, 0.2) is 5.69 Å². The predicted octanol–water partition coefficient (Wildman–Crippen LogP) is 3.28. The third-order valence-corrected chi connectivity index (χ3v) is 3.55. The molecule has 5 nitrogen and oxygen atoms in total. The Labute approximate surface area is 129 Å². The van der Waals surface area contributed by atoms with Crippen LogP contribution in [0.4, 0.5) is 18.9 Å². The molecule has 122 valence electrons. The van der Waals surface area contributed by atoms with Gasteiger partial charge in [0.2, 0.25) is 0 Å². The Kier molecular flexibility index (Phi) is 3.85. The molecule has 0 spiro atoms. The first-order valence-electron chi connectivity index (χ1n) is 7.06. The molecule has 1 saturated carbocycles. The number of nitrogens with one attached hydrogen (secondary N) is 1. The first-order chi connectivity index (χ1) is 10.9. The van der Waals surface area contributed by atoms with Gasteiger partial charge in [-0.25, -0.2) is 0 Å². The number of hydrogen-bond donors (Lipinski definition) is 2. The molecule has 2 aromatic rings. The number of carbonyl (C=O) groups excluding carboxylic acids is 1. The summed E-state index contributed by atoms with van der Waals surface area (Å²) in [5.74, 6) is 0.297. The average molecular weight is 325 g/mol. The number of carbonyl (C=O) groups is 1. The third-order valence-electron chi connectivity index (χ3n) is 3.55. The van der Waals surface area contributed by atoms with Crippen LogP contribution in [-0.4, -0.2) is 11.1 Å². The number of aromatic nitrogens is 1. The highest BCUT2D eigenvalue weighted by molar-refractivity contribution is 6.02. The van der Waals surface area contributed by atoms with Crippen molar-refractivity contribution in [2.45, 2.75) is 31.5 Å². The van der Waals surface area contributed by atoms with Gasteiger partial charge in [-0.3, -0.25) is 4.79 Å². The smallest absolute Gasteiger partial charge is 0.360 e. The molecule has 1 heterocycles. The molecule has 0 unspecified atom stereocenters. The summed E-state index contributed by atoms with van der Waals surface area (Å²) in [6.07, 6.45) is -2.54. The molecule has 0 saturated heterocycles. The summed E-state index contributed by atoms with van der Waals surface area (Å²) in [5.41, 5.74) is 4.87. The standard InChI is InChI=1S/C15H14F3N3O2/c16-15(17,18)10-3-8(7-19)4-11(5-10)20-14(22)12-6-13(23-21-12)9-1-2-9/h3-6,9H,1-2,7,19H2,(H,20,22). The Bertz CT molecular complexity index is 736. The zero-order valence-electron chi connectivity index (χ0n) is 12.0. The fraction of sp³-hybridized carbons (Fsp3) is 0.333. The number of nitrogens with zero attached hydrogens (tertiary/aromatic N) is 1. The van der Waals surface area contributed by atoms with Crippen LogP contribution in [0, 0.1) is 0 Å². The highest BCUT2D eigenvalue weighted by Crippen LogP contribution is 2.40. The van der Waals surface area contributed by atoms with Gasteiger partial charge in [-0.15, -0.1) is 0 Å². The van der Waals surface area contributed by atoms with E-state index in [1.165, 1.54) is 12.1 Å². The maximum absolute atomic E-state index is 12.9. The molecule has 23 heavy (non-hydrogen) atoms. The Hall–Kier alpha value is -2.35. The summed E-state index contributed by atoms with van der Waals surface area (Å²) in [6.45, 7) is -0.0669. The van der Waals surface area contributed by atoms with Crippen molar-refractivity contribution < 1.29 is 22.5 Å². The predicted molar refractivity (Wildman–Crippen MR) is 75.8 cm³/mol. The van der Waals surface area contributed by atoms with Crippen molar-refractivity contribution in [3.63, 3.8) is 0 Å². The summed E-state index contributed by atoms with van der Waals surface area (Å²) in [7, 11) is 0. The molecule has 1 aliphatic rings. The van der Waals surface area contributed by atoms with Crippen molar-refractivity contribution in [1.29, 1.82) is 0 Å². The van der Waals surface area contributed by atoms with Gasteiger partial charge in [0.05, 0.1) is 5.56 Å². The molecular weight excluding hydrogens is 311 g/mol. The Morgan fingerprint density at radius 1 is 1.30 bits per heavy atom. The molecule has 3 N–H and O–H groups in total. The number of anilines is 1. The zero-order chi connectivity index (χ0) is 16.6. The molecule has 0 atom stereocenters. The van der Waals surface area contributed by atoms with Crippen molar-refractivity contribution in [3.05, 3.63) is 46.8 Å². The first-order valence-corrected chi connectivity index (χ1v) is 7.06. The maximum atomic E-state index is 12.9. The summed E-state index contributed by atoms with van der Waals surface area (Å²) in [5, 5.41) is 6.05. The van der Waals surface area contributed by atoms with E-state index in [9.17, 15) is 18.0 Å². The van der Waals surface area contributed by atoms with Crippen molar-refractivity contribution in [2.24, 2.45) is 5.73 Å². The zero-order valence-corrected chi connectivity index (χ0v) is 12.0. The highest BCUT2D eigenvalue weighted by Gasteiger charge is 2.32. The fourth-order valence-corrected chi connectivity index (χ4v) is 2.20. The van der Waals surface area contributed by atoms with Crippen molar-refractivity contribution in [1.82, 2.24) is 5.16 Å². The Morgan fingerprint density at radius 3 is 2.65 bits per heavy atom. The van der Waals surface area contributed by atoms with E-state index >= 15 is 0 Å². The molecule has 1 fully saturated rings. The van der Waals surface area contributed by atoms with Crippen molar-refractivity contribution in [3.8, 4) is 0 Å². The van der Waals surface area contributed by atoms with E-state index in [0.717, 1.165) is 25.0 Å². The SMILES string of the molecule is NCc1cc(NC(=O)c2cc(C3CC3)on2)cc(C(F)(F)F)c1. The molecule has 1 amide bonds. The monoisotopic (exact) mass is 325 g/mol. The van der Waals surface area contributed by atoms with Crippen LogP contribution >= 0.6 is 0 Å². The molecule has 0 bridgehead atoms. The summed E-state index contributed by atoms with van der Waals surface area (Å²) in [6, 6.07) is 4.73. The molecule has 1 aromatic carbocycles. The van der Waals surface area contributed by atoms with Crippen LogP contribution in [0.2, 0.25) is 0 Å². The molecule has 0 aliphatic heterocycles. The topological polar surface area (TPSA) is 81.1 Å². The molecule has 0 radical (unpaired) electrons. The van der Waals surface area contributed by atoms with Gasteiger partial charge >= 0.3 is 6.18 Å². The van der Waals surface area contributed by atoms with Gasteiger partial charge < -0.3 is 15.6 Å². The minimum atomic E-state index is -4.52. The number of hydrogen-bond acceptors (Lipinski definition) is 4. The minimum absolute atomic E-state index is 0.0150. The minimum Gasteiger partial charge on any atom is -0.360 e. The fourth-order valence-electron chi connectivity index (χ4n) is 2.20. The van der Waals surface area contributed by atoms with Crippen molar-refractivity contribution in [2.75, 3.05) is 5.32 Å². The van der Waals surface area contributed by atoms with Crippen LogP contribution in [0.25, 0.3) is 0 Å². The van der Waals surface area contributed by atoms with E-state index in [2.05, 4.69) is 10.5 Å². The van der Waals surface area contributed by atoms with Crippen LogP contribution in [0.5, 0.6) is 0 Å². The van der Waals surface area contributed by atoms with E-state index in [4.69, 9.17) is 10.3 Å². The van der Waals surface area contributed by atoms with Gasteiger partial charge in [-0.2, -0.15) is 13.2 Å². The van der Waals surface area contributed by atoms with Crippen LogP contribution in [0.15, 0.2) is 28.8 Å². The highest BCUT2D eigenvalue weighted by atomic mass is 19.4. The average Bonchev–Trinajstić information content (AvgIpc) is 3.23. The van der Waals surface area contributed by atoms with E-state index in [1.54, 1.807) is 0 Å². The number of nitrogens with two attached hydrogens (primary N) is 1. The molecule has 8 heteroatoms. The number of rotatable bonds is 4. The van der Waals surface area contributed by atoms with Crippen LogP contribution in [-0.2, 0) is 12.7 Å². The van der Waals surface area contributed by atoms with Gasteiger partial charge in [0.25, 0.3) is 5.91 Å². The quantitative estimate of drug-likeness (QED) is 0.904. The van der Waals surface area contributed by atoms with Gasteiger partial charge in [-0.05, 0) is 36.6 Å². The number of amides is 1. The summed E-state index contributed by atoms with van der Waals surface area (Å²) in [4.78, 5) is 12.1. The van der Waals surface area contributed by atoms with E-state index < -0.39 is 17.6 Å². The van der Waals surface area contributed by atoms with Gasteiger partial charge in [-0.1, -0.05) is 5.16 Å². The summed E-state index contributed by atoms with van der Waals surface area (Å²) < 4.78 is 43.6. The second kappa shape index (κ2) is 5.69. The van der Waals surface area contributed by atoms with Crippen molar-refractivity contribution >= 4 is 11.6 Å². The molecular formula is C15H14F3N3O2.